The van der Waals surface area contributed by atoms with Crippen LogP contribution >= 0.6 is 0 Å². The number of rotatable bonds is 4. The molecule has 2 aromatic carbocycles. The number of likely N-dealkylation sites (N-methyl/N-ethyl adjacent to an activating group) is 1. The van der Waals surface area contributed by atoms with Crippen molar-refractivity contribution in [1.29, 1.82) is 0 Å². The monoisotopic (exact) mass is 325 g/mol. The molecule has 5 heteroatoms. The van der Waals surface area contributed by atoms with Crippen LogP contribution in [0.2, 0.25) is 0 Å². The van der Waals surface area contributed by atoms with Crippen LogP contribution in [0.25, 0.3) is 0 Å². The molecule has 0 fully saturated rings. The molecular weight excluding hydrogens is 306 g/mol. The Morgan fingerprint density at radius 3 is 2.54 bits per heavy atom. The van der Waals surface area contributed by atoms with E-state index in [1.54, 1.807) is 39.3 Å². The van der Waals surface area contributed by atoms with E-state index in [1.807, 2.05) is 30.3 Å². The summed E-state index contributed by atoms with van der Waals surface area (Å²) in [5.41, 5.74) is 0.805. The fourth-order valence-electron chi connectivity index (χ4n) is 2.96. The van der Waals surface area contributed by atoms with E-state index in [0.717, 1.165) is 5.56 Å². The number of hydrogen-bond donors (Lipinski definition) is 0. The summed E-state index contributed by atoms with van der Waals surface area (Å²) in [6.45, 7) is 1.73. The molecule has 0 aromatic heterocycles. The average Bonchev–Trinajstić information content (AvgIpc) is 2.82. The number of ether oxygens (including phenoxy) is 2. The van der Waals surface area contributed by atoms with Gasteiger partial charge in [-0.2, -0.15) is 0 Å². The summed E-state index contributed by atoms with van der Waals surface area (Å²) in [4.78, 5) is 27.0. The molecule has 1 aliphatic heterocycles. The molecule has 1 heterocycles. The smallest absolute Gasteiger partial charge is 0.326 e. The molecule has 1 amide bonds. The van der Waals surface area contributed by atoms with Gasteiger partial charge in [-0.1, -0.05) is 30.3 Å². The number of methoxy groups -OCH3 is 1. The molecule has 1 aliphatic rings. The summed E-state index contributed by atoms with van der Waals surface area (Å²) in [6.07, 6.45) is 0. The summed E-state index contributed by atoms with van der Waals surface area (Å²) >= 11 is 0. The van der Waals surface area contributed by atoms with Crippen LogP contribution in [-0.4, -0.2) is 26.0 Å². The Labute approximate surface area is 140 Å². The first kappa shape index (κ1) is 16.1. The van der Waals surface area contributed by atoms with Gasteiger partial charge in [0, 0.05) is 18.3 Å². The van der Waals surface area contributed by atoms with Gasteiger partial charge in [-0.05, 0) is 30.7 Å². The fraction of sp³-hybridized carbons (Fsp3) is 0.263. The molecule has 124 valence electrons. The van der Waals surface area contributed by atoms with E-state index >= 15 is 0 Å². The van der Waals surface area contributed by atoms with Crippen molar-refractivity contribution in [2.45, 2.75) is 18.9 Å². The summed E-state index contributed by atoms with van der Waals surface area (Å²) in [5, 5.41) is 0. The van der Waals surface area contributed by atoms with Gasteiger partial charge in [0.2, 0.25) is 5.91 Å². The van der Waals surface area contributed by atoms with Crippen molar-refractivity contribution in [3.63, 3.8) is 0 Å². The third-order valence-corrected chi connectivity index (χ3v) is 4.46. The van der Waals surface area contributed by atoms with E-state index in [9.17, 15) is 9.59 Å². The number of esters is 1. The van der Waals surface area contributed by atoms with Crippen LogP contribution < -0.4 is 9.64 Å². The second-order valence-electron chi connectivity index (χ2n) is 5.93. The minimum Gasteiger partial charge on any atom is -0.497 e. The third-order valence-electron chi connectivity index (χ3n) is 4.46. The molecule has 24 heavy (non-hydrogen) atoms. The van der Waals surface area contributed by atoms with Gasteiger partial charge in [-0.25, -0.2) is 0 Å². The first-order valence-corrected chi connectivity index (χ1v) is 7.66. The molecular formula is C19H19NO4. The number of benzene rings is 2. The maximum atomic E-state index is 12.7. The Morgan fingerprint density at radius 2 is 1.88 bits per heavy atom. The Bertz CT molecular complexity index is 787. The highest BCUT2D eigenvalue weighted by Gasteiger charge is 2.53. The Hall–Kier alpha value is -2.82. The van der Waals surface area contributed by atoms with Crippen molar-refractivity contribution < 1.29 is 19.1 Å². The predicted molar refractivity (Wildman–Crippen MR) is 90.0 cm³/mol. The molecule has 0 radical (unpaired) electrons. The Balaban J connectivity index is 1.91. The topological polar surface area (TPSA) is 55.8 Å². The van der Waals surface area contributed by atoms with Gasteiger partial charge in [0.15, 0.2) is 5.41 Å². The molecule has 5 nitrogen and oxygen atoms in total. The van der Waals surface area contributed by atoms with Crippen molar-refractivity contribution in [3.05, 3.63) is 59.7 Å². The molecule has 1 atom stereocenters. The van der Waals surface area contributed by atoms with Crippen molar-refractivity contribution in [2.24, 2.45) is 0 Å². The highest BCUT2D eigenvalue weighted by Crippen LogP contribution is 2.43. The first-order valence-electron chi connectivity index (χ1n) is 7.66. The second kappa shape index (κ2) is 6.00. The summed E-state index contributed by atoms with van der Waals surface area (Å²) in [5.74, 6) is -0.266. The van der Waals surface area contributed by atoms with E-state index in [2.05, 4.69) is 0 Å². The van der Waals surface area contributed by atoms with Gasteiger partial charge in [0.05, 0.1) is 7.11 Å². The largest absolute Gasteiger partial charge is 0.497 e. The van der Waals surface area contributed by atoms with Crippen LogP contribution in [0, 0.1) is 0 Å². The number of hydrogen-bond acceptors (Lipinski definition) is 4. The van der Waals surface area contributed by atoms with E-state index in [4.69, 9.17) is 9.47 Å². The summed E-state index contributed by atoms with van der Waals surface area (Å²) < 4.78 is 10.7. The maximum absolute atomic E-state index is 12.7. The highest BCUT2D eigenvalue weighted by molar-refractivity contribution is 6.19. The molecule has 3 rings (SSSR count). The molecule has 0 unspecified atom stereocenters. The van der Waals surface area contributed by atoms with Crippen molar-refractivity contribution in [3.8, 4) is 5.75 Å². The average molecular weight is 325 g/mol. The number of carbonyl (C=O) groups excluding carboxylic acids is 2. The van der Waals surface area contributed by atoms with Crippen LogP contribution in [0.1, 0.15) is 18.1 Å². The van der Waals surface area contributed by atoms with E-state index < -0.39 is 11.4 Å². The fourth-order valence-corrected chi connectivity index (χ4v) is 2.96. The lowest BCUT2D eigenvalue weighted by Crippen LogP contribution is -2.43. The molecule has 0 saturated carbocycles. The Morgan fingerprint density at radius 1 is 1.17 bits per heavy atom. The lowest BCUT2D eigenvalue weighted by molar-refractivity contribution is -0.154. The maximum Gasteiger partial charge on any atom is 0.326 e. The standard InChI is InChI=1S/C19H19NO4/c1-19(18(22)24-12-13-7-5-4-6-8-13)15-11-14(23-3)9-10-16(15)20(2)17(19)21/h4-11H,12H2,1-3H3/t19-/m0/s1. The minimum atomic E-state index is -1.37. The number of nitrogens with zero attached hydrogens (tertiary/aromatic N) is 1. The van der Waals surface area contributed by atoms with Crippen molar-refractivity contribution in [1.82, 2.24) is 0 Å². The van der Waals surface area contributed by atoms with Crippen LogP contribution in [0.4, 0.5) is 5.69 Å². The SMILES string of the molecule is COc1ccc2c(c1)[C@](C)(C(=O)OCc1ccccc1)C(=O)N2C. The zero-order valence-electron chi connectivity index (χ0n) is 13.9. The number of carbonyl (C=O) groups is 2. The first-order chi connectivity index (χ1) is 11.5. The van der Waals surface area contributed by atoms with Gasteiger partial charge in [-0.3, -0.25) is 9.59 Å². The minimum absolute atomic E-state index is 0.131. The lowest BCUT2D eigenvalue weighted by atomic mass is 9.83. The van der Waals surface area contributed by atoms with Crippen molar-refractivity contribution >= 4 is 17.6 Å². The summed E-state index contributed by atoms with van der Waals surface area (Å²) in [6, 6.07) is 14.7. The second-order valence-corrected chi connectivity index (χ2v) is 5.93. The van der Waals surface area contributed by atoms with E-state index in [1.165, 1.54) is 4.90 Å². The number of amides is 1. The molecule has 0 bridgehead atoms. The molecule has 0 spiro atoms. The van der Waals surface area contributed by atoms with Crippen LogP contribution in [0.15, 0.2) is 48.5 Å². The zero-order valence-corrected chi connectivity index (χ0v) is 13.9. The molecule has 0 N–H and O–H groups in total. The van der Waals surface area contributed by atoms with Gasteiger partial charge < -0.3 is 14.4 Å². The van der Waals surface area contributed by atoms with E-state index in [-0.39, 0.29) is 12.5 Å². The summed E-state index contributed by atoms with van der Waals surface area (Å²) in [7, 11) is 3.21. The predicted octanol–water partition coefficient (Wildman–Crippen LogP) is 2.67. The normalized spacial score (nSPS) is 19.1. The quantitative estimate of drug-likeness (QED) is 0.640. The third kappa shape index (κ3) is 2.42. The lowest BCUT2D eigenvalue weighted by Gasteiger charge is -2.21. The van der Waals surface area contributed by atoms with Crippen LogP contribution in [0.5, 0.6) is 5.75 Å². The Kier molecular flexibility index (Phi) is 4.01. The number of fused-ring (bicyclic) bond motifs is 1. The van der Waals surface area contributed by atoms with Crippen LogP contribution in [-0.2, 0) is 26.3 Å². The molecule has 0 saturated heterocycles. The highest BCUT2D eigenvalue weighted by atomic mass is 16.5. The number of anilines is 1. The van der Waals surface area contributed by atoms with E-state index in [0.29, 0.717) is 17.0 Å². The molecule has 2 aromatic rings. The van der Waals surface area contributed by atoms with Crippen LogP contribution in [0.3, 0.4) is 0 Å². The van der Waals surface area contributed by atoms with Gasteiger partial charge >= 0.3 is 5.97 Å². The van der Waals surface area contributed by atoms with Gasteiger partial charge in [0.1, 0.15) is 12.4 Å². The molecule has 0 aliphatic carbocycles. The zero-order chi connectivity index (χ0) is 17.3. The van der Waals surface area contributed by atoms with Gasteiger partial charge in [-0.15, -0.1) is 0 Å². The van der Waals surface area contributed by atoms with Gasteiger partial charge in [0.25, 0.3) is 0 Å². The van der Waals surface area contributed by atoms with Crippen molar-refractivity contribution in [2.75, 3.05) is 19.1 Å².